The van der Waals surface area contributed by atoms with Crippen molar-refractivity contribution in [3.8, 4) is 0 Å². The van der Waals surface area contributed by atoms with Crippen molar-refractivity contribution in [3.63, 3.8) is 0 Å². The van der Waals surface area contributed by atoms with Crippen LogP contribution in [0.3, 0.4) is 0 Å². The summed E-state index contributed by atoms with van der Waals surface area (Å²) in [4.78, 5) is 37.9. The van der Waals surface area contributed by atoms with Gasteiger partial charge >= 0.3 is 0 Å². The molecule has 3 heterocycles. The molecule has 2 aromatic rings. The van der Waals surface area contributed by atoms with Gasteiger partial charge in [-0.1, -0.05) is 37.5 Å². The summed E-state index contributed by atoms with van der Waals surface area (Å²) in [5.41, 5.74) is 3.37. The van der Waals surface area contributed by atoms with Gasteiger partial charge in [-0.15, -0.1) is 0 Å². The van der Waals surface area contributed by atoms with Crippen LogP contribution in [0, 0.1) is 6.92 Å². The van der Waals surface area contributed by atoms with Gasteiger partial charge in [0.1, 0.15) is 0 Å². The van der Waals surface area contributed by atoms with E-state index < -0.39 is 0 Å². The lowest BCUT2D eigenvalue weighted by Crippen LogP contribution is -2.52. The largest absolute Gasteiger partial charge is 0.339 e. The second-order valence-electron chi connectivity index (χ2n) is 10.4. The van der Waals surface area contributed by atoms with Crippen molar-refractivity contribution in [1.82, 2.24) is 19.7 Å². The zero-order chi connectivity index (χ0) is 24.2. The second kappa shape index (κ2) is 10.9. The van der Waals surface area contributed by atoms with E-state index >= 15 is 0 Å². The molecule has 2 amide bonds. The van der Waals surface area contributed by atoms with Crippen LogP contribution in [-0.2, 0) is 0 Å². The lowest BCUT2D eigenvalue weighted by Gasteiger charge is -2.41. The first-order valence-corrected chi connectivity index (χ1v) is 13.5. The highest BCUT2D eigenvalue weighted by atomic mass is 16.2. The number of rotatable bonds is 4. The van der Waals surface area contributed by atoms with Gasteiger partial charge in [0.2, 0.25) is 0 Å². The van der Waals surface area contributed by atoms with Gasteiger partial charge in [0.25, 0.3) is 11.8 Å². The highest BCUT2D eigenvalue weighted by Gasteiger charge is 2.32. The SMILES string of the molecule is Cc1ccc(C(=O)N2CCN(C3CCCCC3)CC2)c(C2CCN(C(=O)c3ccccc3)CC2)n1. The molecule has 2 aliphatic heterocycles. The van der Waals surface area contributed by atoms with Crippen LogP contribution in [0.4, 0.5) is 0 Å². The van der Waals surface area contributed by atoms with E-state index in [0.717, 1.165) is 61.5 Å². The number of hydrogen-bond acceptors (Lipinski definition) is 4. The van der Waals surface area contributed by atoms with Crippen molar-refractivity contribution in [2.45, 2.75) is 63.8 Å². The summed E-state index contributed by atoms with van der Waals surface area (Å²) in [6, 6.07) is 14.1. The summed E-state index contributed by atoms with van der Waals surface area (Å²) >= 11 is 0. The molecule has 0 N–H and O–H groups in total. The molecule has 3 fully saturated rings. The number of aromatic nitrogens is 1. The third-order valence-electron chi connectivity index (χ3n) is 8.18. The van der Waals surface area contributed by atoms with Gasteiger partial charge in [0.05, 0.1) is 11.3 Å². The number of amides is 2. The Morgan fingerprint density at radius 3 is 2.09 bits per heavy atom. The summed E-state index contributed by atoms with van der Waals surface area (Å²) < 4.78 is 0. The molecule has 186 valence electrons. The molecule has 0 bridgehead atoms. The third kappa shape index (κ3) is 5.43. The number of likely N-dealkylation sites (tertiary alicyclic amines) is 1. The first-order chi connectivity index (χ1) is 17.1. The molecule has 1 aromatic carbocycles. The highest BCUT2D eigenvalue weighted by Crippen LogP contribution is 2.31. The fraction of sp³-hybridized carbons (Fsp3) is 0.552. The number of pyridine rings is 1. The topological polar surface area (TPSA) is 56.8 Å². The first kappa shape index (κ1) is 24.0. The van der Waals surface area contributed by atoms with E-state index in [1.54, 1.807) is 0 Å². The molecule has 1 saturated carbocycles. The number of aryl methyl sites for hydroxylation is 1. The highest BCUT2D eigenvalue weighted by molar-refractivity contribution is 5.96. The minimum atomic E-state index is 0.0911. The van der Waals surface area contributed by atoms with Crippen molar-refractivity contribution < 1.29 is 9.59 Å². The Hall–Kier alpha value is -2.73. The zero-order valence-electron chi connectivity index (χ0n) is 21.0. The second-order valence-corrected chi connectivity index (χ2v) is 10.4. The standard InChI is InChI=1S/C29H38N4O2/c1-22-12-13-26(29(35)33-20-18-31(19-21-33)25-10-6-3-7-11-25)27(30-22)23-14-16-32(17-15-23)28(34)24-8-4-2-5-9-24/h2,4-5,8-9,12-13,23,25H,3,6-7,10-11,14-21H2,1H3. The molecule has 0 spiro atoms. The molecule has 35 heavy (non-hydrogen) atoms. The number of carbonyl (C=O) groups excluding carboxylic acids is 2. The van der Waals surface area contributed by atoms with Gasteiger partial charge in [-0.25, -0.2) is 0 Å². The summed E-state index contributed by atoms with van der Waals surface area (Å²) in [6.07, 6.45) is 8.36. The van der Waals surface area contributed by atoms with Crippen molar-refractivity contribution in [3.05, 3.63) is 65.0 Å². The molecule has 6 nitrogen and oxygen atoms in total. The molecule has 2 saturated heterocycles. The molecule has 5 rings (SSSR count). The fourth-order valence-corrected chi connectivity index (χ4v) is 6.09. The van der Waals surface area contributed by atoms with E-state index in [-0.39, 0.29) is 17.7 Å². The molecule has 0 atom stereocenters. The Balaban J connectivity index is 1.23. The van der Waals surface area contributed by atoms with E-state index in [1.165, 1.54) is 32.1 Å². The van der Waals surface area contributed by atoms with Gasteiger partial charge in [0.15, 0.2) is 0 Å². The first-order valence-electron chi connectivity index (χ1n) is 13.5. The maximum absolute atomic E-state index is 13.6. The number of benzene rings is 1. The Bertz CT molecular complexity index is 1020. The Labute approximate surface area is 209 Å². The van der Waals surface area contributed by atoms with Crippen LogP contribution >= 0.6 is 0 Å². The Morgan fingerprint density at radius 1 is 0.743 bits per heavy atom. The number of carbonyl (C=O) groups is 2. The predicted octanol–water partition coefficient (Wildman–Crippen LogP) is 4.50. The van der Waals surface area contributed by atoms with Crippen molar-refractivity contribution in [1.29, 1.82) is 0 Å². The van der Waals surface area contributed by atoms with Crippen LogP contribution in [0.1, 0.15) is 83.0 Å². The van der Waals surface area contributed by atoms with Gasteiger partial charge in [-0.2, -0.15) is 0 Å². The fourth-order valence-electron chi connectivity index (χ4n) is 6.09. The molecule has 3 aliphatic rings. The summed E-state index contributed by atoms with van der Waals surface area (Å²) in [7, 11) is 0. The van der Waals surface area contributed by atoms with Crippen molar-refractivity contribution in [2.24, 2.45) is 0 Å². The lowest BCUT2D eigenvalue weighted by atomic mass is 9.89. The normalized spacial score (nSPS) is 20.7. The number of nitrogens with zero attached hydrogens (tertiary/aromatic N) is 4. The monoisotopic (exact) mass is 474 g/mol. The molecule has 0 unspecified atom stereocenters. The van der Waals surface area contributed by atoms with E-state index in [4.69, 9.17) is 4.98 Å². The van der Waals surface area contributed by atoms with E-state index in [2.05, 4.69) is 4.90 Å². The average molecular weight is 475 g/mol. The Morgan fingerprint density at radius 2 is 1.40 bits per heavy atom. The van der Waals surface area contributed by atoms with Crippen LogP contribution in [0.2, 0.25) is 0 Å². The lowest BCUT2D eigenvalue weighted by molar-refractivity contribution is 0.0519. The molecule has 0 radical (unpaired) electrons. The quantitative estimate of drug-likeness (QED) is 0.655. The number of piperazine rings is 1. The van der Waals surface area contributed by atoms with E-state index in [0.29, 0.717) is 19.1 Å². The van der Waals surface area contributed by atoms with Gasteiger partial charge in [-0.05, 0) is 56.9 Å². The van der Waals surface area contributed by atoms with Gasteiger partial charge in [-0.3, -0.25) is 19.5 Å². The number of hydrogen-bond donors (Lipinski definition) is 0. The zero-order valence-corrected chi connectivity index (χ0v) is 21.0. The third-order valence-corrected chi connectivity index (χ3v) is 8.18. The summed E-state index contributed by atoms with van der Waals surface area (Å²) in [5, 5.41) is 0. The predicted molar refractivity (Wildman–Crippen MR) is 138 cm³/mol. The maximum Gasteiger partial charge on any atom is 0.255 e. The minimum absolute atomic E-state index is 0.0911. The molecule has 1 aromatic heterocycles. The average Bonchev–Trinajstić information content (AvgIpc) is 2.93. The van der Waals surface area contributed by atoms with Gasteiger partial charge in [0, 0.05) is 62.5 Å². The van der Waals surface area contributed by atoms with Crippen LogP contribution in [0.25, 0.3) is 0 Å². The Kier molecular flexibility index (Phi) is 7.47. The molecular weight excluding hydrogens is 436 g/mol. The van der Waals surface area contributed by atoms with E-state index in [1.807, 2.05) is 59.2 Å². The van der Waals surface area contributed by atoms with Crippen molar-refractivity contribution in [2.75, 3.05) is 39.3 Å². The van der Waals surface area contributed by atoms with Crippen LogP contribution < -0.4 is 0 Å². The molecule has 6 heteroatoms. The van der Waals surface area contributed by atoms with E-state index in [9.17, 15) is 9.59 Å². The molecule has 1 aliphatic carbocycles. The van der Waals surface area contributed by atoms with Crippen molar-refractivity contribution >= 4 is 11.8 Å². The maximum atomic E-state index is 13.6. The van der Waals surface area contributed by atoms with Crippen LogP contribution in [-0.4, -0.2) is 76.8 Å². The van der Waals surface area contributed by atoms with Crippen LogP contribution in [0.5, 0.6) is 0 Å². The smallest absolute Gasteiger partial charge is 0.255 e. The van der Waals surface area contributed by atoms with Gasteiger partial charge < -0.3 is 9.80 Å². The number of piperidine rings is 1. The minimum Gasteiger partial charge on any atom is -0.339 e. The van der Waals surface area contributed by atoms with Crippen LogP contribution in [0.15, 0.2) is 42.5 Å². The molecular formula is C29H38N4O2. The summed E-state index contributed by atoms with van der Waals surface area (Å²) in [6.45, 7) is 6.94. The summed E-state index contributed by atoms with van der Waals surface area (Å²) in [5.74, 6) is 0.421.